The number of pyridine rings is 1. The molecule has 0 aliphatic carbocycles. The molecule has 0 saturated heterocycles. The molecule has 0 aromatic carbocycles. The summed E-state index contributed by atoms with van der Waals surface area (Å²) in [6.45, 7) is 11.2. The van der Waals surface area contributed by atoms with E-state index >= 15 is 0 Å². The molecule has 2 aromatic heterocycles. The highest BCUT2D eigenvalue weighted by atomic mass is 14.8. The minimum Gasteiger partial charge on any atom is -0.262 e. The quantitative estimate of drug-likeness (QED) is 0.825. The van der Waals surface area contributed by atoms with Crippen molar-refractivity contribution in [2.24, 2.45) is 0 Å². The Hall–Kier alpha value is -1.77. The minimum absolute atomic E-state index is 0.0839. The van der Waals surface area contributed by atoms with Gasteiger partial charge in [-0.25, -0.2) is 9.97 Å². The number of rotatable bonds is 5. The van der Waals surface area contributed by atoms with Crippen molar-refractivity contribution in [2.45, 2.75) is 58.3 Å². The maximum atomic E-state index is 4.29. The molecule has 0 aliphatic heterocycles. The number of aromatic nitrogens is 3. The van der Waals surface area contributed by atoms with E-state index in [0.29, 0.717) is 0 Å². The molecule has 2 heterocycles. The highest BCUT2D eigenvalue weighted by Gasteiger charge is 2.27. The predicted octanol–water partition coefficient (Wildman–Crippen LogP) is 4.22. The standard InChI is InChI=1S/C18H25N3/c1-14-10-15(6-9-21-14)17(2,3)7-8-18(4,5)16-11-19-13-20-12-16/h6,9-13H,7-8H2,1-5H3. The molecule has 0 fully saturated rings. The first-order valence-corrected chi connectivity index (χ1v) is 7.50. The molecule has 0 aliphatic rings. The second-order valence-electron chi connectivity index (χ2n) is 7.08. The number of nitrogens with zero attached hydrogens (tertiary/aromatic N) is 3. The van der Waals surface area contributed by atoms with Gasteiger partial charge in [-0.2, -0.15) is 0 Å². The zero-order chi connectivity index (χ0) is 15.5. The lowest BCUT2D eigenvalue weighted by molar-refractivity contribution is 0.373. The van der Waals surface area contributed by atoms with Crippen LogP contribution in [0.15, 0.2) is 37.1 Å². The van der Waals surface area contributed by atoms with Crippen molar-refractivity contribution in [2.75, 3.05) is 0 Å². The lowest BCUT2D eigenvalue weighted by atomic mass is 9.73. The van der Waals surface area contributed by atoms with E-state index in [1.807, 2.05) is 25.5 Å². The number of hydrogen-bond acceptors (Lipinski definition) is 3. The molecule has 21 heavy (non-hydrogen) atoms. The Morgan fingerprint density at radius 2 is 1.48 bits per heavy atom. The van der Waals surface area contributed by atoms with Crippen LogP contribution in [0.5, 0.6) is 0 Å². The Bertz CT molecular complexity index is 588. The molecule has 2 aromatic rings. The Balaban J connectivity index is 2.11. The largest absolute Gasteiger partial charge is 0.262 e. The fraction of sp³-hybridized carbons (Fsp3) is 0.500. The van der Waals surface area contributed by atoms with Crippen LogP contribution in [0.4, 0.5) is 0 Å². The summed E-state index contributed by atoms with van der Waals surface area (Å²) >= 11 is 0. The van der Waals surface area contributed by atoms with Gasteiger partial charge in [0.05, 0.1) is 0 Å². The second-order valence-corrected chi connectivity index (χ2v) is 7.08. The summed E-state index contributed by atoms with van der Waals surface area (Å²) in [6, 6.07) is 4.32. The molecule has 0 radical (unpaired) electrons. The molecular weight excluding hydrogens is 258 g/mol. The van der Waals surface area contributed by atoms with Gasteiger partial charge in [-0.1, -0.05) is 27.7 Å². The molecule has 0 unspecified atom stereocenters. The van der Waals surface area contributed by atoms with Crippen molar-refractivity contribution in [3.8, 4) is 0 Å². The van der Waals surface area contributed by atoms with Gasteiger partial charge < -0.3 is 0 Å². The smallest absolute Gasteiger partial charge is 0.115 e. The summed E-state index contributed by atoms with van der Waals surface area (Å²) in [5, 5.41) is 0. The summed E-state index contributed by atoms with van der Waals surface area (Å²) in [6.07, 6.45) is 9.55. The Morgan fingerprint density at radius 1 is 0.905 bits per heavy atom. The van der Waals surface area contributed by atoms with E-state index in [-0.39, 0.29) is 10.8 Å². The summed E-state index contributed by atoms with van der Waals surface area (Å²) in [5.74, 6) is 0. The van der Waals surface area contributed by atoms with E-state index in [1.54, 1.807) is 6.33 Å². The zero-order valence-corrected chi connectivity index (χ0v) is 13.7. The van der Waals surface area contributed by atoms with E-state index in [4.69, 9.17) is 0 Å². The van der Waals surface area contributed by atoms with Gasteiger partial charge in [0.1, 0.15) is 6.33 Å². The van der Waals surface area contributed by atoms with Crippen LogP contribution in [-0.2, 0) is 10.8 Å². The number of aryl methyl sites for hydroxylation is 1. The maximum absolute atomic E-state index is 4.29. The van der Waals surface area contributed by atoms with Gasteiger partial charge in [-0.3, -0.25) is 4.98 Å². The first-order valence-electron chi connectivity index (χ1n) is 7.50. The summed E-state index contributed by atoms with van der Waals surface area (Å²) < 4.78 is 0. The first kappa shape index (κ1) is 15.6. The molecule has 0 spiro atoms. The van der Waals surface area contributed by atoms with Crippen molar-refractivity contribution in [1.82, 2.24) is 15.0 Å². The van der Waals surface area contributed by atoms with Gasteiger partial charge in [-0.15, -0.1) is 0 Å². The average molecular weight is 283 g/mol. The van der Waals surface area contributed by atoms with Crippen molar-refractivity contribution < 1.29 is 0 Å². The second kappa shape index (κ2) is 5.92. The fourth-order valence-corrected chi connectivity index (χ4v) is 2.53. The highest BCUT2D eigenvalue weighted by Crippen LogP contribution is 2.35. The average Bonchev–Trinajstić information content (AvgIpc) is 2.46. The molecule has 0 atom stereocenters. The van der Waals surface area contributed by atoms with Gasteiger partial charge in [0.2, 0.25) is 0 Å². The lowest BCUT2D eigenvalue weighted by Gasteiger charge is -2.31. The van der Waals surface area contributed by atoms with E-state index in [1.165, 1.54) is 11.1 Å². The molecular formula is C18H25N3. The lowest BCUT2D eigenvalue weighted by Crippen LogP contribution is -2.24. The predicted molar refractivity (Wildman–Crippen MR) is 86.3 cm³/mol. The monoisotopic (exact) mass is 283 g/mol. The summed E-state index contributed by atoms with van der Waals surface area (Å²) in [5.41, 5.74) is 3.86. The van der Waals surface area contributed by atoms with Crippen LogP contribution in [0.25, 0.3) is 0 Å². The van der Waals surface area contributed by atoms with Gasteiger partial charge in [0, 0.05) is 24.3 Å². The molecule has 0 bridgehead atoms. The Morgan fingerprint density at radius 3 is 2.05 bits per heavy atom. The Labute approximate surface area is 127 Å². The highest BCUT2D eigenvalue weighted by molar-refractivity contribution is 5.24. The van der Waals surface area contributed by atoms with Crippen LogP contribution in [0.1, 0.15) is 57.4 Å². The topological polar surface area (TPSA) is 38.7 Å². The van der Waals surface area contributed by atoms with Crippen LogP contribution in [-0.4, -0.2) is 15.0 Å². The normalized spacial score (nSPS) is 12.4. The zero-order valence-electron chi connectivity index (χ0n) is 13.7. The van der Waals surface area contributed by atoms with Crippen LogP contribution >= 0.6 is 0 Å². The van der Waals surface area contributed by atoms with Crippen LogP contribution in [0.2, 0.25) is 0 Å². The van der Waals surface area contributed by atoms with Crippen LogP contribution < -0.4 is 0 Å². The Kier molecular flexibility index (Phi) is 4.40. The van der Waals surface area contributed by atoms with Crippen molar-refractivity contribution in [3.05, 3.63) is 53.9 Å². The molecule has 3 heteroatoms. The van der Waals surface area contributed by atoms with E-state index in [9.17, 15) is 0 Å². The third kappa shape index (κ3) is 3.87. The molecule has 3 nitrogen and oxygen atoms in total. The van der Waals surface area contributed by atoms with Gasteiger partial charge in [0.15, 0.2) is 0 Å². The molecule has 0 saturated carbocycles. The van der Waals surface area contributed by atoms with Gasteiger partial charge in [0.25, 0.3) is 0 Å². The number of hydrogen-bond donors (Lipinski definition) is 0. The van der Waals surface area contributed by atoms with Crippen LogP contribution in [0, 0.1) is 6.92 Å². The van der Waals surface area contributed by atoms with E-state index in [0.717, 1.165) is 18.5 Å². The molecule has 0 N–H and O–H groups in total. The van der Waals surface area contributed by atoms with Crippen molar-refractivity contribution >= 4 is 0 Å². The van der Waals surface area contributed by atoms with Gasteiger partial charge >= 0.3 is 0 Å². The first-order chi connectivity index (χ1) is 9.81. The SMILES string of the molecule is Cc1cc(C(C)(C)CCC(C)(C)c2cncnc2)ccn1. The fourth-order valence-electron chi connectivity index (χ4n) is 2.53. The molecule has 112 valence electrons. The van der Waals surface area contributed by atoms with E-state index < -0.39 is 0 Å². The van der Waals surface area contributed by atoms with Crippen LogP contribution in [0.3, 0.4) is 0 Å². The maximum Gasteiger partial charge on any atom is 0.115 e. The summed E-state index contributed by atoms with van der Waals surface area (Å²) in [4.78, 5) is 12.6. The minimum atomic E-state index is 0.0839. The summed E-state index contributed by atoms with van der Waals surface area (Å²) in [7, 11) is 0. The molecule has 2 rings (SSSR count). The van der Waals surface area contributed by atoms with Gasteiger partial charge in [-0.05, 0) is 53.9 Å². The third-order valence-electron chi connectivity index (χ3n) is 4.40. The van der Waals surface area contributed by atoms with E-state index in [2.05, 4.69) is 54.8 Å². The molecule has 0 amide bonds. The van der Waals surface area contributed by atoms with Crippen molar-refractivity contribution in [3.63, 3.8) is 0 Å². The van der Waals surface area contributed by atoms with Crippen molar-refractivity contribution in [1.29, 1.82) is 0 Å². The third-order valence-corrected chi connectivity index (χ3v) is 4.40.